The molecule has 2 rings (SSSR count). The molecule has 0 saturated carbocycles. The van der Waals surface area contributed by atoms with Crippen molar-refractivity contribution in [1.82, 2.24) is 5.32 Å². The van der Waals surface area contributed by atoms with E-state index in [-0.39, 0.29) is 16.5 Å². The number of carbonyl (C=O) groups is 2. The molecule has 1 N–H and O–H groups in total. The third kappa shape index (κ3) is 4.47. The topological polar surface area (TPSA) is 55.4 Å². The highest BCUT2D eigenvalue weighted by molar-refractivity contribution is 7.09. The summed E-state index contributed by atoms with van der Waals surface area (Å²) in [4.78, 5) is 24.9. The summed E-state index contributed by atoms with van der Waals surface area (Å²) in [7, 11) is 0. The predicted octanol–water partition coefficient (Wildman–Crippen LogP) is 3.92. The maximum Gasteiger partial charge on any atom is 0.340 e. The Kier molecular flexibility index (Phi) is 5.83. The third-order valence-corrected chi connectivity index (χ3v) is 4.25. The van der Waals surface area contributed by atoms with Gasteiger partial charge in [-0.3, -0.25) is 4.79 Å². The Morgan fingerprint density at radius 2 is 2.09 bits per heavy atom. The van der Waals surface area contributed by atoms with Crippen LogP contribution in [0.15, 0.2) is 35.7 Å². The minimum atomic E-state index is -0.917. The number of benzene rings is 1. The van der Waals surface area contributed by atoms with Gasteiger partial charge in [0.15, 0.2) is 6.10 Å². The fraction of sp³-hybridized carbons (Fsp3) is 0.200. The van der Waals surface area contributed by atoms with Gasteiger partial charge >= 0.3 is 5.97 Å². The Labute approximate surface area is 142 Å². The molecule has 4 nitrogen and oxygen atoms in total. The lowest BCUT2D eigenvalue weighted by atomic mass is 10.2. The van der Waals surface area contributed by atoms with Gasteiger partial charge in [-0.2, -0.15) is 0 Å². The fourth-order valence-electron chi connectivity index (χ4n) is 1.66. The quantitative estimate of drug-likeness (QED) is 0.825. The van der Waals surface area contributed by atoms with E-state index in [1.165, 1.54) is 36.5 Å². The minimum absolute atomic E-state index is 0.170. The Balaban J connectivity index is 1.91. The zero-order valence-electron chi connectivity index (χ0n) is 11.6. The van der Waals surface area contributed by atoms with E-state index in [2.05, 4.69) is 5.32 Å². The van der Waals surface area contributed by atoms with Crippen LogP contribution in [-0.2, 0) is 16.1 Å². The predicted molar refractivity (Wildman–Crippen MR) is 87.5 cm³/mol. The molecule has 0 aliphatic rings. The summed E-state index contributed by atoms with van der Waals surface area (Å²) in [6.45, 7) is 1.91. The first-order chi connectivity index (χ1) is 10.5. The zero-order valence-corrected chi connectivity index (χ0v) is 14.0. The van der Waals surface area contributed by atoms with E-state index in [1.807, 2.05) is 17.5 Å². The summed E-state index contributed by atoms with van der Waals surface area (Å²) in [5, 5.41) is 5.23. The van der Waals surface area contributed by atoms with Crippen LogP contribution in [0.4, 0.5) is 0 Å². The van der Waals surface area contributed by atoms with Crippen LogP contribution in [0, 0.1) is 0 Å². The number of ether oxygens (including phenoxy) is 1. The number of hydrogen-bond donors (Lipinski definition) is 1. The van der Waals surface area contributed by atoms with E-state index >= 15 is 0 Å². The summed E-state index contributed by atoms with van der Waals surface area (Å²) in [5.74, 6) is -1.03. The number of esters is 1. The van der Waals surface area contributed by atoms with Gasteiger partial charge in [0.2, 0.25) is 0 Å². The first-order valence-corrected chi connectivity index (χ1v) is 8.07. The number of amides is 1. The summed E-state index contributed by atoms with van der Waals surface area (Å²) in [6.07, 6.45) is -0.917. The van der Waals surface area contributed by atoms with Crippen LogP contribution in [0.1, 0.15) is 22.2 Å². The molecule has 7 heteroatoms. The van der Waals surface area contributed by atoms with Gasteiger partial charge in [0.05, 0.1) is 17.1 Å². The zero-order chi connectivity index (χ0) is 16.1. The van der Waals surface area contributed by atoms with Crippen LogP contribution in [0.2, 0.25) is 10.0 Å². The van der Waals surface area contributed by atoms with Crippen LogP contribution < -0.4 is 5.32 Å². The van der Waals surface area contributed by atoms with Gasteiger partial charge in [0.25, 0.3) is 5.91 Å². The Morgan fingerprint density at radius 3 is 2.73 bits per heavy atom. The van der Waals surface area contributed by atoms with Crippen LogP contribution in [-0.4, -0.2) is 18.0 Å². The van der Waals surface area contributed by atoms with E-state index < -0.39 is 12.1 Å². The molecule has 22 heavy (non-hydrogen) atoms. The summed E-state index contributed by atoms with van der Waals surface area (Å²) < 4.78 is 5.11. The summed E-state index contributed by atoms with van der Waals surface area (Å²) in [5.41, 5.74) is 0.170. The lowest BCUT2D eigenvalue weighted by Crippen LogP contribution is -2.35. The first kappa shape index (κ1) is 16.8. The third-order valence-electron chi connectivity index (χ3n) is 2.82. The number of thiophene rings is 1. The Bertz CT molecular complexity index is 673. The van der Waals surface area contributed by atoms with Crippen molar-refractivity contribution in [2.45, 2.75) is 19.6 Å². The van der Waals surface area contributed by atoms with Crippen molar-refractivity contribution in [3.8, 4) is 0 Å². The van der Waals surface area contributed by atoms with Crippen molar-refractivity contribution in [3.63, 3.8) is 0 Å². The lowest BCUT2D eigenvalue weighted by molar-refractivity contribution is -0.129. The van der Waals surface area contributed by atoms with Gasteiger partial charge in [-0.05, 0) is 36.6 Å². The van der Waals surface area contributed by atoms with E-state index in [1.54, 1.807) is 0 Å². The molecular formula is C15H13Cl2NO3S. The molecule has 0 saturated heterocycles. The average Bonchev–Trinajstić information content (AvgIpc) is 2.97. The summed E-state index contributed by atoms with van der Waals surface area (Å²) >= 11 is 13.2. The Hall–Kier alpha value is -1.56. The molecule has 1 atom stereocenters. The highest BCUT2D eigenvalue weighted by atomic mass is 35.5. The van der Waals surface area contributed by atoms with Crippen molar-refractivity contribution in [3.05, 3.63) is 56.2 Å². The molecule has 1 amide bonds. The molecule has 1 aromatic carbocycles. The van der Waals surface area contributed by atoms with Gasteiger partial charge in [0.1, 0.15) is 0 Å². The van der Waals surface area contributed by atoms with E-state index in [4.69, 9.17) is 27.9 Å². The van der Waals surface area contributed by atoms with Crippen LogP contribution in [0.5, 0.6) is 0 Å². The van der Waals surface area contributed by atoms with Crippen LogP contribution in [0.3, 0.4) is 0 Å². The van der Waals surface area contributed by atoms with E-state index in [0.29, 0.717) is 11.6 Å². The average molecular weight is 358 g/mol. The second kappa shape index (κ2) is 7.63. The van der Waals surface area contributed by atoms with E-state index in [9.17, 15) is 9.59 Å². The molecule has 0 spiro atoms. The molecule has 116 valence electrons. The van der Waals surface area contributed by atoms with E-state index in [0.717, 1.165) is 4.88 Å². The number of hydrogen-bond acceptors (Lipinski definition) is 4. The monoisotopic (exact) mass is 357 g/mol. The van der Waals surface area contributed by atoms with Crippen molar-refractivity contribution in [2.24, 2.45) is 0 Å². The molecule has 1 aromatic heterocycles. The van der Waals surface area contributed by atoms with Crippen molar-refractivity contribution >= 4 is 46.4 Å². The molecule has 0 aliphatic heterocycles. The lowest BCUT2D eigenvalue weighted by Gasteiger charge is -2.13. The number of nitrogens with one attached hydrogen (secondary N) is 1. The molecular weight excluding hydrogens is 345 g/mol. The molecule has 0 bridgehead atoms. The molecule has 1 heterocycles. The van der Waals surface area contributed by atoms with Gasteiger partial charge in [-0.25, -0.2) is 4.79 Å². The fourth-order valence-corrected chi connectivity index (χ4v) is 2.79. The molecule has 0 radical (unpaired) electrons. The first-order valence-electron chi connectivity index (χ1n) is 6.43. The number of halogens is 2. The highest BCUT2D eigenvalue weighted by Gasteiger charge is 2.20. The van der Waals surface area contributed by atoms with Gasteiger partial charge in [0, 0.05) is 9.90 Å². The second-order valence-corrected chi connectivity index (χ2v) is 6.34. The van der Waals surface area contributed by atoms with Crippen LogP contribution in [0.25, 0.3) is 0 Å². The van der Waals surface area contributed by atoms with Gasteiger partial charge in [-0.1, -0.05) is 29.3 Å². The standard InChI is InChI=1S/C15H13Cl2NO3S/c1-9(14(19)18-8-11-3-2-6-22-11)21-15(20)12-5-4-10(16)7-13(12)17/h2-7,9H,8H2,1H3,(H,18,19)/t9-/m0/s1. The molecule has 0 fully saturated rings. The minimum Gasteiger partial charge on any atom is -0.449 e. The molecule has 0 unspecified atom stereocenters. The largest absolute Gasteiger partial charge is 0.449 e. The Morgan fingerprint density at radius 1 is 1.32 bits per heavy atom. The summed E-state index contributed by atoms with van der Waals surface area (Å²) in [6, 6.07) is 8.25. The van der Waals surface area contributed by atoms with Crippen LogP contribution >= 0.6 is 34.5 Å². The number of carbonyl (C=O) groups excluding carboxylic acids is 2. The SMILES string of the molecule is C[C@H](OC(=O)c1ccc(Cl)cc1Cl)C(=O)NCc1cccs1. The smallest absolute Gasteiger partial charge is 0.340 e. The highest BCUT2D eigenvalue weighted by Crippen LogP contribution is 2.22. The number of rotatable bonds is 5. The van der Waals surface area contributed by atoms with Crippen molar-refractivity contribution in [2.75, 3.05) is 0 Å². The normalized spacial score (nSPS) is 11.8. The molecule has 2 aromatic rings. The van der Waals surface area contributed by atoms with Gasteiger partial charge in [-0.15, -0.1) is 11.3 Å². The van der Waals surface area contributed by atoms with Gasteiger partial charge < -0.3 is 10.1 Å². The van der Waals surface area contributed by atoms with Crippen molar-refractivity contribution < 1.29 is 14.3 Å². The van der Waals surface area contributed by atoms with Crippen molar-refractivity contribution in [1.29, 1.82) is 0 Å². The second-order valence-electron chi connectivity index (χ2n) is 4.47. The maximum atomic E-state index is 12.0. The maximum absolute atomic E-state index is 12.0. The molecule has 0 aliphatic carbocycles.